The van der Waals surface area contributed by atoms with Crippen LogP contribution < -0.4 is 9.64 Å². The summed E-state index contributed by atoms with van der Waals surface area (Å²) in [5, 5.41) is 0. The molecule has 2 saturated heterocycles. The van der Waals surface area contributed by atoms with E-state index in [0.29, 0.717) is 6.04 Å². The van der Waals surface area contributed by atoms with Crippen molar-refractivity contribution in [3.05, 3.63) is 22.7 Å². The third kappa shape index (κ3) is 2.56. The molecule has 1 aromatic rings. The first-order valence-corrected chi connectivity index (χ1v) is 8.36. The molecule has 0 aliphatic carbocycles. The molecule has 3 nitrogen and oxygen atoms in total. The minimum Gasteiger partial charge on any atom is -0.495 e. The molecular formula is C16H23BrN2O. The highest BCUT2D eigenvalue weighted by Crippen LogP contribution is 2.36. The van der Waals surface area contributed by atoms with E-state index in [1.54, 1.807) is 7.11 Å². The van der Waals surface area contributed by atoms with Crippen LogP contribution in [-0.4, -0.2) is 43.7 Å². The van der Waals surface area contributed by atoms with Crippen molar-refractivity contribution in [1.82, 2.24) is 4.90 Å². The van der Waals surface area contributed by atoms with Gasteiger partial charge in [-0.2, -0.15) is 0 Å². The fourth-order valence-electron chi connectivity index (χ4n) is 3.62. The van der Waals surface area contributed by atoms with Crippen LogP contribution in [0.25, 0.3) is 0 Å². The molecule has 2 fully saturated rings. The van der Waals surface area contributed by atoms with Gasteiger partial charge in [-0.25, -0.2) is 0 Å². The van der Waals surface area contributed by atoms with Crippen LogP contribution in [0, 0.1) is 0 Å². The molecule has 0 radical (unpaired) electrons. The Morgan fingerprint density at radius 1 is 1.35 bits per heavy atom. The zero-order valence-electron chi connectivity index (χ0n) is 12.3. The van der Waals surface area contributed by atoms with Gasteiger partial charge < -0.3 is 9.64 Å². The maximum atomic E-state index is 5.58. The van der Waals surface area contributed by atoms with E-state index in [0.717, 1.165) is 22.8 Å². The Bertz CT molecular complexity index is 480. The molecule has 0 saturated carbocycles. The summed E-state index contributed by atoms with van der Waals surface area (Å²) in [6.45, 7) is 5.89. The number of hydrogen-bond donors (Lipinski definition) is 0. The van der Waals surface area contributed by atoms with E-state index in [1.165, 1.54) is 38.0 Å². The Balaban J connectivity index is 1.92. The van der Waals surface area contributed by atoms with Crippen LogP contribution in [0.1, 0.15) is 26.2 Å². The van der Waals surface area contributed by atoms with Gasteiger partial charge in [0.15, 0.2) is 0 Å². The number of piperazine rings is 1. The van der Waals surface area contributed by atoms with Crippen LogP contribution in [-0.2, 0) is 0 Å². The highest BCUT2D eigenvalue weighted by atomic mass is 79.9. The van der Waals surface area contributed by atoms with Crippen molar-refractivity contribution in [2.75, 3.05) is 31.6 Å². The average molecular weight is 339 g/mol. The molecule has 0 bridgehead atoms. The lowest BCUT2D eigenvalue weighted by Gasteiger charge is -2.45. The molecule has 2 unspecified atom stereocenters. The largest absolute Gasteiger partial charge is 0.495 e. The Hall–Kier alpha value is -0.740. The van der Waals surface area contributed by atoms with Gasteiger partial charge in [0.1, 0.15) is 5.75 Å². The van der Waals surface area contributed by atoms with Crippen molar-refractivity contribution in [3.63, 3.8) is 0 Å². The molecule has 2 heterocycles. The summed E-state index contributed by atoms with van der Waals surface area (Å²) in [7, 11) is 1.76. The maximum absolute atomic E-state index is 5.58. The second-order valence-corrected chi connectivity index (χ2v) is 6.74. The first-order chi connectivity index (χ1) is 9.72. The normalized spacial score (nSPS) is 26.6. The summed E-state index contributed by atoms with van der Waals surface area (Å²) in [4.78, 5) is 5.24. The first kappa shape index (κ1) is 14.2. The lowest BCUT2D eigenvalue weighted by molar-refractivity contribution is 0.194. The van der Waals surface area contributed by atoms with E-state index in [9.17, 15) is 0 Å². The summed E-state index contributed by atoms with van der Waals surface area (Å²) in [5.74, 6) is 0.984. The van der Waals surface area contributed by atoms with Gasteiger partial charge in [0.2, 0.25) is 0 Å². The zero-order chi connectivity index (χ0) is 14.1. The van der Waals surface area contributed by atoms with Crippen LogP contribution in [0.5, 0.6) is 5.75 Å². The highest BCUT2D eigenvalue weighted by molar-refractivity contribution is 9.10. The van der Waals surface area contributed by atoms with Gasteiger partial charge >= 0.3 is 0 Å². The molecule has 4 heteroatoms. The molecule has 0 aromatic heterocycles. The van der Waals surface area contributed by atoms with Crippen molar-refractivity contribution in [3.8, 4) is 5.75 Å². The Kier molecular flexibility index (Phi) is 4.22. The Morgan fingerprint density at radius 3 is 2.95 bits per heavy atom. The molecule has 0 amide bonds. The van der Waals surface area contributed by atoms with Crippen molar-refractivity contribution < 1.29 is 4.74 Å². The predicted octanol–water partition coefficient (Wildman–Crippen LogP) is 3.52. The van der Waals surface area contributed by atoms with Gasteiger partial charge in [0.05, 0.1) is 12.8 Å². The number of methoxy groups -OCH3 is 1. The van der Waals surface area contributed by atoms with Crippen LogP contribution in [0.2, 0.25) is 0 Å². The highest BCUT2D eigenvalue weighted by Gasteiger charge is 2.36. The van der Waals surface area contributed by atoms with Crippen LogP contribution in [0.3, 0.4) is 0 Å². The molecule has 110 valence electrons. The topological polar surface area (TPSA) is 15.7 Å². The summed E-state index contributed by atoms with van der Waals surface area (Å²) >= 11 is 3.60. The van der Waals surface area contributed by atoms with E-state index in [1.807, 2.05) is 0 Å². The van der Waals surface area contributed by atoms with Gasteiger partial charge in [-0.1, -0.05) is 22.9 Å². The molecule has 3 rings (SSSR count). The van der Waals surface area contributed by atoms with Crippen molar-refractivity contribution >= 4 is 21.6 Å². The SMILES string of the molecule is CCC1CN2CCCC2CN1c1cc(Br)ccc1OC. The van der Waals surface area contributed by atoms with Crippen molar-refractivity contribution in [1.29, 1.82) is 0 Å². The number of anilines is 1. The van der Waals surface area contributed by atoms with Gasteiger partial charge in [-0.05, 0) is 44.0 Å². The van der Waals surface area contributed by atoms with Crippen molar-refractivity contribution in [2.45, 2.75) is 38.3 Å². The van der Waals surface area contributed by atoms with E-state index in [2.05, 4.69) is 50.9 Å². The number of hydrogen-bond acceptors (Lipinski definition) is 3. The van der Waals surface area contributed by atoms with Gasteiger partial charge in [0, 0.05) is 29.6 Å². The lowest BCUT2D eigenvalue weighted by atomic mass is 10.0. The predicted molar refractivity (Wildman–Crippen MR) is 86.7 cm³/mol. The van der Waals surface area contributed by atoms with E-state index in [4.69, 9.17) is 4.74 Å². The molecule has 20 heavy (non-hydrogen) atoms. The van der Waals surface area contributed by atoms with Gasteiger partial charge in [0.25, 0.3) is 0 Å². The van der Waals surface area contributed by atoms with Gasteiger partial charge in [-0.15, -0.1) is 0 Å². The lowest BCUT2D eigenvalue weighted by Crippen LogP contribution is -2.56. The molecule has 1 aromatic carbocycles. The zero-order valence-corrected chi connectivity index (χ0v) is 13.9. The number of fused-ring (bicyclic) bond motifs is 1. The number of benzene rings is 1. The third-order valence-corrected chi connectivity index (χ3v) is 5.21. The fourth-order valence-corrected chi connectivity index (χ4v) is 3.97. The van der Waals surface area contributed by atoms with Crippen molar-refractivity contribution in [2.24, 2.45) is 0 Å². The fraction of sp³-hybridized carbons (Fsp3) is 0.625. The molecule has 2 aliphatic heterocycles. The maximum Gasteiger partial charge on any atom is 0.142 e. The average Bonchev–Trinajstić information content (AvgIpc) is 2.93. The third-order valence-electron chi connectivity index (χ3n) is 4.71. The molecule has 2 atom stereocenters. The molecule has 0 spiro atoms. The number of nitrogens with zero attached hydrogens (tertiary/aromatic N) is 2. The van der Waals surface area contributed by atoms with E-state index >= 15 is 0 Å². The van der Waals surface area contributed by atoms with E-state index in [-0.39, 0.29) is 0 Å². The number of rotatable bonds is 3. The number of halogens is 1. The summed E-state index contributed by atoms with van der Waals surface area (Å²) in [5.41, 5.74) is 1.24. The number of ether oxygens (including phenoxy) is 1. The quantitative estimate of drug-likeness (QED) is 0.838. The second kappa shape index (κ2) is 5.94. The van der Waals surface area contributed by atoms with Crippen LogP contribution >= 0.6 is 15.9 Å². The Morgan fingerprint density at radius 2 is 2.20 bits per heavy atom. The van der Waals surface area contributed by atoms with E-state index < -0.39 is 0 Å². The first-order valence-electron chi connectivity index (χ1n) is 7.57. The van der Waals surface area contributed by atoms with Gasteiger partial charge in [-0.3, -0.25) is 4.90 Å². The summed E-state index contributed by atoms with van der Waals surface area (Å²) < 4.78 is 6.70. The smallest absolute Gasteiger partial charge is 0.142 e. The van der Waals surface area contributed by atoms with Crippen LogP contribution in [0.15, 0.2) is 22.7 Å². The summed E-state index contributed by atoms with van der Waals surface area (Å²) in [6.07, 6.45) is 3.87. The molecular weight excluding hydrogens is 316 g/mol. The standard InChI is InChI=1S/C16H23BrN2O/c1-3-13-10-18-8-4-5-14(18)11-19(13)15-9-12(17)6-7-16(15)20-2/h6-7,9,13-14H,3-5,8,10-11H2,1-2H3. The van der Waals surface area contributed by atoms with Crippen LogP contribution in [0.4, 0.5) is 5.69 Å². The second-order valence-electron chi connectivity index (χ2n) is 5.82. The minimum atomic E-state index is 0.590. The molecule has 0 N–H and O–H groups in total. The Labute approximate surface area is 130 Å². The molecule has 2 aliphatic rings. The monoisotopic (exact) mass is 338 g/mol. The summed E-state index contributed by atoms with van der Waals surface area (Å²) in [6, 6.07) is 7.63. The minimum absolute atomic E-state index is 0.590.